The Hall–Kier alpha value is -8.00. The maximum atomic E-state index is 6.87. The molecule has 0 spiro atoms. The fraction of sp³-hybridized carbons (Fsp3) is 0.0323. The van der Waals surface area contributed by atoms with E-state index in [9.17, 15) is 0 Å². The maximum absolute atomic E-state index is 6.87. The first-order valence-corrected chi connectivity index (χ1v) is 21.9. The zero-order valence-electron chi connectivity index (χ0n) is 34.7. The van der Waals surface area contributed by atoms with Crippen molar-refractivity contribution >= 4 is 21.9 Å². The Balaban J connectivity index is 1.19. The molecule has 1 nitrogen and oxygen atoms in total. The van der Waals surface area contributed by atoms with Gasteiger partial charge in [-0.05, 0) is 84.0 Å². The third kappa shape index (κ3) is 5.92. The largest absolute Gasteiger partial charge is 0.455 e. The molecular formula is C62H42O. The lowest BCUT2D eigenvalue weighted by molar-refractivity contribution is 0.669. The molecular weight excluding hydrogens is 761 g/mol. The lowest BCUT2D eigenvalue weighted by Crippen LogP contribution is -2.29. The van der Waals surface area contributed by atoms with Crippen molar-refractivity contribution in [2.24, 2.45) is 0 Å². The highest BCUT2D eigenvalue weighted by Crippen LogP contribution is 2.61. The van der Waals surface area contributed by atoms with Crippen LogP contribution < -0.4 is 0 Å². The van der Waals surface area contributed by atoms with Crippen LogP contribution in [0, 0.1) is 0 Å². The van der Waals surface area contributed by atoms with Crippen molar-refractivity contribution in [3.63, 3.8) is 0 Å². The highest BCUT2D eigenvalue weighted by Gasteiger charge is 2.49. The lowest BCUT2D eigenvalue weighted by atomic mass is 9.65. The van der Waals surface area contributed by atoms with Crippen LogP contribution in [0.2, 0.25) is 0 Å². The van der Waals surface area contributed by atoms with Gasteiger partial charge in [0.25, 0.3) is 0 Å². The highest BCUT2D eigenvalue weighted by atomic mass is 16.3. The van der Waals surface area contributed by atoms with Gasteiger partial charge in [0, 0.05) is 22.3 Å². The zero-order chi connectivity index (χ0) is 41.7. The van der Waals surface area contributed by atoms with E-state index in [1.54, 1.807) is 0 Å². The predicted molar refractivity (Wildman–Crippen MR) is 261 cm³/mol. The number of hydrogen-bond acceptors (Lipinski definition) is 1. The SMILES string of the molecule is c1ccc(-c2ccc(C(c3ccc(-c4ccccc4)cc3)c3ccc(-c4cccc5c4oc4ccccc45)c4c3-c3ccccc3C4(c3ccccc3)c3ccccc3)cc2)cc1. The molecule has 63 heavy (non-hydrogen) atoms. The fourth-order valence-electron chi connectivity index (χ4n) is 10.6. The molecule has 296 valence electrons. The Morgan fingerprint density at radius 3 is 1.41 bits per heavy atom. The second kappa shape index (κ2) is 15.2. The summed E-state index contributed by atoms with van der Waals surface area (Å²) in [4.78, 5) is 0. The first kappa shape index (κ1) is 36.8. The van der Waals surface area contributed by atoms with Gasteiger partial charge in [-0.15, -0.1) is 0 Å². The Morgan fingerprint density at radius 2 is 0.810 bits per heavy atom. The number of rotatable bonds is 8. The van der Waals surface area contributed by atoms with Crippen LogP contribution in [0.1, 0.15) is 44.9 Å². The molecule has 0 unspecified atom stereocenters. The smallest absolute Gasteiger partial charge is 0.143 e. The summed E-state index contributed by atoms with van der Waals surface area (Å²) in [5.41, 5.74) is 19.5. The molecule has 1 aromatic heterocycles. The minimum Gasteiger partial charge on any atom is -0.455 e. The molecule has 0 aliphatic heterocycles. The normalized spacial score (nSPS) is 12.7. The van der Waals surface area contributed by atoms with E-state index in [-0.39, 0.29) is 5.92 Å². The molecule has 0 bridgehead atoms. The van der Waals surface area contributed by atoms with Gasteiger partial charge in [0.15, 0.2) is 0 Å². The van der Waals surface area contributed by atoms with Gasteiger partial charge in [0.05, 0.1) is 5.41 Å². The molecule has 1 aliphatic carbocycles. The minimum absolute atomic E-state index is 0.0835. The standard InChI is InChI=1S/C62H42O/c1-5-18-42(19-6-1)44-32-36-46(37-33-44)58(47-38-34-45(35-39-47)43-20-7-2-8-21-43)55-41-40-51(53-29-17-28-52-50-26-14-16-31-57(50)63-61(52)53)60-59(55)54-27-13-15-30-56(54)62(60,48-22-9-3-10-23-48)49-24-11-4-12-25-49/h1-41,58H. The molecule has 1 heteroatoms. The van der Waals surface area contributed by atoms with E-state index in [2.05, 4.69) is 249 Å². The minimum atomic E-state index is -0.646. The Labute approximate surface area is 368 Å². The summed E-state index contributed by atoms with van der Waals surface area (Å²) in [5, 5.41) is 2.25. The van der Waals surface area contributed by atoms with Gasteiger partial charge in [0.1, 0.15) is 11.2 Å². The maximum Gasteiger partial charge on any atom is 0.143 e. The van der Waals surface area contributed by atoms with Gasteiger partial charge < -0.3 is 4.42 Å². The van der Waals surface area contributed by atoms with Crippen molar-refractivity contribution in [2.45, 2.75) is 11.3 Å². The van der Waals surface area contributed by atoms with Gasteiger partial charge >= 0.3 is 0 Å². The Kier molecular flexibility index (Phi) is 8.86. The van der Waals surface area contributed by atoms with E-state index in [1.807, 2.05) is 0 Å². The number of furan rings is 1. The van der Waals surface area contributed by atoms with E-state index in [0.717, 1.165) is 27.5 Å². The van der Waals surface area contributed by atoms with Gasteiger partial charge in [-0.1, -0.05) is 243 Å². The molecule has 1 heterocycles. The summed E-state index contributed by atoms with van der Waals surface area (Å²) >= 11 is 0. The Bertz CT molecular complexity index is 3280. The van der Waals surface area contributed by atoms with Crippen molar-refractivity contribution in [3.05, 3.63) is 288 Å². The van der Waals surface area contributed by atoms with Gasteiger partial charge in [-0.2, -0.15) is 0 Å². The first-order valence-electron chi connectivity index (χ1n) is 21.9. The molecule has 11 aromatic rings. The van der Waals surface area contributed by atoms with Crippen molar-refractivity contribution in [3.8, 4) is 44.5 Å². The van der Waals surface area contributed by atoms with E-state index >= 15 is 0 Å². The van der Waals surface area contributed by atoms with E-state index in [1.165, 1.54) is 77.9 Å². The quantitative estimate of drug-likeness (QED) is 0.140. The summed E-state index contributed by atoms with van der Waals surface area (Å²) in [5.74, 6) is -0.0835. The van der Waals surface area contributed by atoms with E-state index in [4.69, 9.17) is 4.42 Å². The summed E-state index contributed by atoms with van der Waals surface area (Å²) in [7, 11) is 0. The molecule has 0 fully saturated rings. The number of fused-ring (bicyclic) bond motifs is 6. The molecule has 0 atom stereocenters. The molecule has 12 rings (SSSR count). The van der Waals surface area contributed by atoms with Crippen molar-refractivity contribution < 1.29 is 4.42 Å². The topological polar surface area (TPSA) is 13.1 Å². The zero-order valence-corrected chi connectivity index (χ0v) is 34.7. The second-order valence-electron chi connectivity index (χ2n) is 16.7. The number of hydrogen-bond donors (Lipinski definition) is 0. The molecule has 0 saturated heterocycles. The average molecular weight is 803 g/mol. The van der Waals surface area contributed by atoms with E-state index < -0.39 is 5.41 Å². The highest BCUT2D eigenvalue weighted by molar-refractivity contribution is 6.10. The second-order valence-corrected chi connectivity index (χ2v) is 16.7. The summed E-state index contributed by atoms with van der Waals surface area (Å²) in [6.45, 7) is 0. The number of benzene rings is 10. The molecule has 0 saturated carbocycles. The summed E-state index contributed by atoms with van der Waals surface area (Å²) < 4.78 is 6.87. The van der Waals surface area contributed by atoms with Crippen LogP contribution in [0.5, 0.6) is 0 Å². The van der Waals surface area contributed by atoms with Crippen LogP contribution in [0.15, 0.2) is 253 Å². The van der Waals surface area contributed by atoms with Crippen LogP contribution in [0.25, 0.3) is 66.4 Å². The van der Waals surface area contributed by atoms with Gasteiger partial charge in [-0.25, -0.2) is 0 Å². The van der Waals surface area contributed by atoms with Gasteiger partial charge in [0.2, 0.25) is 0 Å². The van der Waals surface area contributed by atoms with Gasteiger partial charge in [-0.3, -0.25) is 0 Å². The molecule has 0 radical (unpaired) electrons. The summed E-state index contributed by atoms with van der Waals surface area (Å²) in [6.07, 6.45) is 0. The molecule has 0 N–H and O–H groups in total. The Morgan fingerprint density at radius 1 is 0.333 bits per heavy atom. The fourth-order valence-corrected chi connectivity index (χ4v) is 10.6. The van der Waals surface area contributed by atoms with E-state index in [0.29, 0.717) is 0 Å². The van der Waals surface area contributed by atoms with Crippen LogP contribution in [-0.2, 0) is 5.41 Å². The lowest BCUT2D eigenvalue weighted by Gasteiger charge is -2.36. The monoisotopic (exact) mass is 802 g/mol. The van der Waals surface area contributed by atoms with Crippen molar-refractivity contribution in [2.75, 3.05) is 0 Å². The number of para-hydroxylation sites is 2. The van der Waals surface area contributed by atoms with Crippen LogP contribution >= 0.6 is 0 Å². The predicted octanol–water partition coefficient (Wildman–Crippen LogP) is 16.1. The first-order chi connectivity index (χ1) is 31.3. The third-order valence-electron chi connectivity index (χ3n) is 13.3. The molecule has 0 amide bonds. The van der Waals surface area contributed by atoms with Crippen LogP contribution in [0.3, 0.4) is 0 Å². The van der Waals surface area contributed by atoms with Crippen molar-refractivity contribution in [1.29, 1.82) is 0 Å². The van der Waals surface area contributed by atoms with Crippen LogP contribution in [-0.4, -0.2) is 0 Å². The van der Waals surface area contributed by atoms with Crippen LogP contribution in [0.4, 0.5) is 0 Å². The van der Waals surface area contributed by atoms with Crippen molar-refractivity contribution in [1.82, 2.24) is 0 Å². The summed E-state index contributed by atoms with van der Waals surface area (Å²) in [6, 6.07) is 91.2. The average Bonchev–Trinajstić information content (AvgIpc) is 3.91. The molecule has 10 aromatic carbocycles. The molecule has 1 aliphatic rings. The third-order valence-corrected chi connectivity index (χ3v) is 13.3.